The zero-order valence-electron chi connectivity index (χ0n) is 13.5. The summed E-state index contributed by atoms with van der Waals surface area (Å²) >= 11 is 1.84. The molecule has 1 aliphatic carbocycles. The van der Waals surface area contributed by atoms with Crippen LogP contribution in [0.3, 0.4) is 0 Å². The molecule has 1 fully saturated rings. The van der Waals surface area contributed by atoms with Crippen LogP contribution in [0.1, 0.15) is 24.8 Å². The molecule has 1 aromatic rings. The van der Waals surface area contributed by atoms with Gasteiger partial charge in [0.2, 0.25) is 0 Å². The summed E-state index contributed by atoms with van der Waals surface area (Å²) in [6.07, 6.45) is 3.82. The van der Waals surface area contributed by atoms with Crippen molar-refractivity contribution in [2.75, 3.05) is 38.4 Å². The largest absolute Gasteiger partial charge is 0.384 e. The standard InChI is InChI=1S/C17H26N2O2S/c1-19(12-14-5-3-6-14)17(20)18-16-8-4-7-15(11-16)13-22-10-9-21-2/h4,7-8,11,14H,3,5-6,9-10,12-13H2,1-2H3,(H,18,20). The van der Waals surface area contributed by atoms with Crippen LogP contribution in [0, 0.1) is 5.92 Å². The minimum absolute atomic E-state index is 0.0175. The Morgan fingerprint density at radius 2 is 2.27 bits per heavy atom. The Morgan fingerprint density at radius 1 is 1.45 bits per heavy atom. The molecular weight excluding hydrogens is 296 g/mol. The lowest BCUT2D eigenvalue weighted by Gasteiger charge is -2.30. The van der Waals surface area contributed by atoms with Gasteiger partial charge in [-0.25, -0.2) is 4.79 Å². The van der Waals surface area contributed by atoms with Crippen LogP contribution in [-0.2, 0) is 10.5 Å². The smallest absolute Gasteiger partial charge is 0.321 e. The Hall–Kier alpha value is -1.20. The topological polar surface area (TPSA) is 41.6 Å². The van der Waals surface area contributed by atoms with Crippen molar-refractivity contribution in [3.63, 3.8) is 0 Å². The monoisotopic (exact) mass is 322 g/mol. The number of benzene rings is 1. The molecule has 0 unspecified atom stereocenters. The lowest BCUT2D eigenvalue weighted by atomic mass is 9.85. The summed E-state index contributed by atoms with van der Waals surface area (Å²) in [5.41, 5.74) is 2.09. The van der Waals surface area contributed by atoms with Gasteiger partial charge in [0.15, 0.2) is 0 Å². The van der Waals surface area contributed by atoms with E-state index in [1.807, 2.05) is 30.9 Å². The van der Waals surface area contributed by atoms with E-state index < -0.39 is 0 Å². The molecule has 4 nitrogen and oxygen atoms in total. The Kier molecular flexibility index (Phi) is 7.06. The highest BCUT2D eigenvalue weighted by molar-refractivity contribution is 7.98. The third-order valence-corrected chi connectivity index (χ3v) is 4.98. The molecule has 0 saturated heterocycles. The normalized spacial score (nSPS) is 14.5. The predicted molar refractivity (Wildman–Crippen MR) is 93.5 cm³/mol. The summed E-state index contributed by atoms with van der Waals surface area (Å²) < 4.78 is 5.04. The minimum Gasteiger partial charge on any atom is -0.384 e. The number of anilines is 1. The van der Waals surface area contributed by atoms with E-state index >= 15 is 0 Å². The lowest BCUT2D eigenvalue weighted by Crippen LogP contribution is -2.37. The van der Waals surface area contributed by atoms with Gasteiger partial charge in [0.25, 0.3) is 0 Å². The van der Waals surface area contributed by atoms with Crippen LogP contribution in [0.5, 0.6) is 0 Å². The third kappa shape index (κ3) is 5.54. The van der Waals surface area contributed by atoms with Gasteiger partial charge in [0.1, 0.15) is 0 Å². The van der Waals surface area contributed by atoms with Crippen molar-refractivity contribution in [3.05, 3.63) is 29.8 Å². The van der Waals surface area contributed by atoms with Gasteiger partial charge in [-0.3, -0.25) is 0 Å². The number of ether oxygens (including phenoxy) is 1. The van der Waals surface area contributed by atoms with E-state index in [1.165, 1.54) is 24.8 Å². The Balaban J connectivity index is 1.79. The number of carbonyl (C=O) groups excluding carboxylic acids is 1. The molecule has 0 spiro atoms. The second kappa shape index (κ2) is 9.06. The predicted octanol–water partition coefficient (Wildman–Crippen LogP) is 3.83. The van der Waals surface area contributed by atoms with Gasteiger partial charge in [-0.15, -0.1) is 0 Å². The first-order chi connectivity index (χ1) is 10.7. The van der Waals surface area contributed by atoms with Gasteiger partial charge in [-0.05, 0) is 36.5 Å². The van der Waals surface area contributed by atoms with Crippen molar-refractivity contribution >= 4 is 23.5 Å². The summed E-state index contributed by atoms with van der Waals surface area (Å²) in [5.74, 6) is 2.61. The summed E-state index contributed by atoms with van der Waals surface area (Å²) in [6.45, 7) is 1.63. The summed E-state index contributed by atoms with van der Waals surface area (Å²) in [4.78, 5) is 14.0. The molecule has 0 aliphatic heterocycles. The molecule has 0 aromatic heterocycles. The third-order valence-electron chi connectivity index (χ3n) is 3.98. The summed E-state index contributed by atoms with van der Waals surface area (Å²) in [6, 6.07) is 8.06. The highest BCUT2D eigenvalue weighted by atomic mass is 32.2. The molecule has 2 amide bonds. The number of hydrogen-bond donors (Lipinski definition) is 1. The highest BCUT2D eigenvalue weighted by Gasteiger charge is 2.21. The van der Waals surface area contributed by atoms with Crippen LogP contribution in [0.4, 0.5) is 10.5 Å². The van der Waals surface area contributed by atoms with E-state index in [2.05, 4.69) is 17.4 Å². The first kappa shape index (κ1) is 17.2. The average molecular weight is 322 g/mol. The molecule has 0 atom stereocenters. The second-order valence-electron chi connectivity index (χ2n) is 5.85. The van der Waals surface area contributed by atoms with E-state index in [0.29, 0.717) is 5.92 Å². The van der Waals surface area contributed by atoms with Gasteiger partial charge in [0.05, 0.1) is 6.61 Å². The number of amides is 2. The SMILES string of the molecule is COCCSCc1cccc(NC(=O)N(C)CC2CCC2)c1. The molecule has 0 bridgehead atoms. The first-order valence-electron chi connectivity index (χ1n) is 7.87. The van der Waals surface area contributed by atoms with Crippen molar-refractivity contribution in [2.45, 2.75) is 25.0 Å². The van der Waals surface area contributed by atoms with Crippen molar-refractivity contribution in [1.29, 1.82) is 0 Å². The maximum Gasteiger partial charge on any atom is 0.321 e. The van der Waals surface area contributed by atoms with Crippen molar-refractivity contribution < 1.29 is 9.53 Å². The average Bonchev–Trinajstić information content (AvgIpc) is 2.47. The highest BCUT2D eigenvalue weighted by Crippen LogP contribution is 2.27. The van der Waals surface area contributed by atoms with Gasteiger partial charge < -0.3 is 15.0 Å². The number of nitrogens with zero attached hydrogens (tertiary/aromatic N) is 1. The molecule has 1 aromatic carbocycles. The fraction of sp³-hybridized carbons (Fsp3) is 0.588. The van der Waals surface area contributed by atoms with E-state index in [1.54, 1.807) is 12.0 Å². The number of rotatable bonds is 8. The van der Waals surface area contributed by atoms with Crippen LogP contribution in [0.25, 0.3) is 0 Å². The van der Waals surface area contributed by atoms with Crippen molar-refractivity contribution in [3.8, 4) is 0 Å². The quantitative estimate of drug-likeness (QED) is 0.740. The second-order valence-corrected chi connectivity index (χ2v) is 6.96. The van der Waals surface area contributed by atoms with Gasteiger partial charge in [-0.1, -0.05) is 18.6 Å². The zero-order chi connectivity index (χ0) is 15.8. The first-order valence-corrected chi connectivity index (χ1v) is 9.02. The van der Waals surface area contributed by atoms with Gasteiger partial charge >= 0.3 is 6.03 Å². The minimum atomic E-state index is -0.0175. The van der Waals surface area contributed by atoms with Crippen LogP contribution >= 0.6 is 11.8 Å². The van der Waals surface area contributed by atoms with Crippen LogP contribution in [0.2, 0.25) is 0 Å². The van der Waals surface area contributed by atoms with E-state index in [0.717, 1.165) is 30.3 Å². The molecule has 1 N–H and O–H groups in total. The summed E-state index contributed by atoms with van der Waals surface area (Å²) in [7, 11) is 3.59. The Bertz CT molecular complexity index is 477. The Labute approximate surface area is 137 Å². The van der Waals surface area contributed by atoms with E-state index in [4.69, 9.17) is 4.74 Å². The zero-order valence-corrected chi connectivity index (χ0v) is 14.3. The van der Waals surface area contributed by atoms with Crippen molar-refractivity contribution in [2.24, 2.45) is 5.92 Å². The van der Waals surface area contributed by atoms with Gasteiger partial charge in [0, 0.05) is 37.9 Å². The molecule has 0 radical (unpaired) electrons. The number of urea groups is 1. The lowest BCUT2D eigenvalue weighted by molar-refractivity contribution is 0.194. The summed E-state index contributed by atoms with van der Waals surface area (Å²) in [5, 5.41) is 2.99. The maximum atomic E-state index is 12.2. The van der Waals surface area contributed by atoms with Crippen LogP contribution in [0.15, 0.2) is 24.3 Å². The molecule has 122 valence electrons. The molecule has 1 aliphatic rings. The molecule has 22 heavy (non-hydrogen) atoms. The number of methoxy groups -OCH3 is 1. The van der Waals surface area contributed by atoms with Crippen LogP contribution in [-0.4, -0.2) is 44.0 Å². The van der Waals surface area contributed by atoms with E-state index in [9.17, 15) is 4.79 Å². The number of thioether (sulfide) groups is 1. The number of carbonyl (C=O) groups is 1. The molecule has 2 rings (SSSR count). The molecule has 1 saturated carbocycles. The van der Waals surface area contributed by atoms with Crippen molar-refractivity contribution in [1.82, 2.24) is 4.90 Å². The maximum absolute atomic E-state index is 12.2. The Morgan fingerprint density at radius 3 is 2.95 bits per heavy atom. The fourth-order valence-corrected chi connectivity index (χ4v) is 3.28. The van der Waals surface area contributed by atoms with E-state index in [-0.39, 0.29) is 6.03 Å². The van der Waals surface area contributed by atoms with Crippen LogP contribution < -0.4 is 5.32 Å². The molecule has 0 heterocycles. The molecular formula is C17H26N2O2S. The number of nitrogens with one attached hydrogen (secondary N) is 1. The van der Waals surface area contributed by atoms with Gasteiger partial charge in [-0.2, -0.15) is 11.8 Å². The number of hydrogen-bond acceptors (Lipinski definition) is 3. The molecule has 5 heteroatoms. The fourth-order valence-electron chi connectivity index (χ4n) is 2.44.